The van der Waals surface area contributed by atoms with Gasteiger partial charge in [-0.1, -0.05) is 0 Å². The number of sulfonamides is 1. The van der Waals surface area contributed by atoms with Crippen LogP contribution in [0.15, 0.2) is 23.1 Å². The van der Waals surface area contributed by atoms with E-state index in [0.717, 1.165) is 12.8 Å². The summed E-state index contributed by atoms with van der Waals surface area (Å²) < 4.78 is 26.1. The van der Waals surface area contributed by atoms with Crippen molar-refractivity contribution in [1.29, 1.82) is 0 Å². The Hall–Kier alpha value is -1.34. The van der Waals surface area contributed by atoms with E-state index in [9.17, 15) is 13.2 Å². The lowest BCUT2D eigenvalue weighted by atomic mass is 9.99. The molecule has 2 N–H and O–H groups in total. The Balaban J connectivity index is 2.11. The van der Waals surface area contributed by atoms with E-state index in [1.165, 1.54) is 16.6 Å². The predicted molar refractivity (Wildman–Crippen MR) is 74.3 cm³/mol. The lowest BCUT2D eigenvalue weighted by molar-refractivity contribution is 0.245. The van der Waals surface area contributed by atoms with E-state index in [1.54, 1.807) is 16.8 Å². The van der Waals surface area contributed by atoms with Crippen molar-refractivity contribution in [3.05, 3.63) is 28.7 Å². The number of nitrogens with two attached hydrogens (primary N) is 1. The number of anilines is 1. The molecule has 1 saturated heterocycles. The van der Waals surface area contributed by atoms with Crippen LogP contribution in [0.3, 0.4) is 0 Å². The van der Waals surface area contributed by atoms with Gasteiger partial charge in [0.05, 0.1) is 6.26 Å². The molecule has 1 atom stereocenters. The van der Waals surface area contributed by atoms with Gasteiger partial charge in [-0.05, 0) is 24.8 Å². The van der Waals surface area contributed by atoms with Crippen molar-refractivity contribution in [2.45, 2.75) is 19.4 Å². The first kappa shape index (κ1) is 14.1. The van der Waals surface area contributed by atoms with E-state index in [-0.39, 0.29) is 11.5 Å². The number of nitrogen functional groups attached to an aromatic ring is 1. The fourth-order valence-corrected chi connectivity index (χ4v) is 3.39. The van der Waals surface area contributed by atoms with Gasteiger partial charge in [0.1, 0.15) is 0 Å². The summed E-state index contributed by atoms with van der Waals surface area (Å²) >= 11 is 0. The number of pyridine rings is 1. The summed E-state index contributed by atoms with van der Waals surface area (Å²) in [4.78, 5) is 11.7. The first-order valence-corrected chi connectivity index (χ1v) is 8.12. The van der Waals surface area contributed by atoms with Crippen LogP contribution in [0, 0.1) is 5.92 Å². The number of nitrogens with zero attached hydrogens (tertiary/aromatic N) is 2. The molecular formula is C12H19N3O3S. The van der Waals surface area contributed by atoms with Crippen LogP contribution in [-0.4, -0.2) is 36.6 Å². The van der Waals surface area contributed by atoms with E-state index in [0.29, 0.717) is 25.3 Å². The molecule has 2 heterocycles. The Morgan fingerprint density at radius 1 is 1.42 bits per heavy atom. The van der Waals surface area contributed by atoms with Gasteiger partial charge in [0, 0.05) is 37.6 Å². The van der Waals surface area contributed by atoms with Crippen LogP contribution in [-0.2, 0) is 16.6 Å². The highest BCUT2D eigenvalue weighted by Gasteiger charge is 2.26. The van der Waals surface area contributed by atoms with Gasteiger partial charge in [-0.2, -0.15) is 0 Å². The Morgan fingerprint density at radius 3 is 2.84 bits per heavy atom. The molecule has 0 aliphatic carbocycles. The van der Waals surface area contributed by atoms with Crippen molar-refractivity contribution in [2.24, 2.45) is 5.92 Å². The van der Waals surface area contributed by atoms with Crippen molar-refractivity contribution in [3.63, 3.8) is 0 Å². The van der Waals surface area contributed by atoms with Gasteiger partial charge >= 0.3 is 0 Å². The smallest absolute Gasteiger partial charge is 0.250 e. The van der Waals surface area contributed by atoms with Crippen LogP contribution in [0.25, 0.3) is 0 Å². The molecule has 19 heavy (non-hydrogen) atoms. The summed E-state index contributed by atoms with van der Waals surface area (Å²) in [5.41, 5.74) is 6.09. The number of hydrogen-bond donors (Lipinski definition) is 1. The van der Waals surface area contributed by atoms with E-state index < -0.39 is 10.0 Å². The van der Waals surface area contributed by atoms with Gasteiger partial charge in [0.15, 0.2) is 0 Å². The summed E-state index contributed by atoms with van der Waals surface area (Å²) in [6.45, 7) is 1.55. The zero-order valence-corrected chi connectivity index (χ0v) is 11.8. The van der Waals surface area contributed by atoms with Gasteiger partial charge in [-0.3, -0.25) is 4.79 Å². The van der Waals surface area contributed by atoms with Gasteiger partial charge in [-0.25, -0.2) is 12.7 Å². The van der Waals surface area contributed by atoms with Gasteiger partial charge in [0.2, 0.25) is 10.0 Å². The van der Waals surface area contributed by atoms with Crippen LogP contribution in [0.4, 0.5) is 5.69 Å². The van der Waals surface area contributed by atoms with Crippen LogP contribution in [0.5, 0.6) is 0 Å². The molecule has 1 fully saturated rings. The van der Waals surface area contributed by atoms with E-state index in [4.69, 9.17) is 5.73 Å². The maximum Gasteiger partial charge on any atom is 0.250 e. The Labute approximate surface area is 112 Å². The molecule has 7 heteroatoms. The monoisotopic (exact) mass is 285 g/mol. The molecule has 0 spiro atoms. The third-order valence-corrected chi connectivity index (χ3v) is 4.68. The first-order chi connectivity index (χ1) is 8.86. The largest absolute Gasteiger partial charge is 0.398 e. The van der Waals surface area contributed by atoms with Gasteiger partial charge in [0.25, 0.3) is 5.56 Å². The fraction of sp³-hybridized carbons (Fsp3) is 0.583. The summed E-state index contributed by atoms with van der Waals surface area (Å²) in [7, 11) is -3.15. The van der Waals surface area contributed by atoms with Crippen LogP contribution >= 0.6 is 0 Å². The number of hydrogen-bond acceptors (Lipinski definition) is 4. The highest BCUT2D eigenvalue weighted by Crippen LogP contribution is 2.20. The molecule has 0 amide bonds. The predicted octanol–water partition coefficient (Wildman–Crippen LogP) is 0.102. The second-order valence-corrected chi connectivity index (χ2v) is 7.06. The quantitative estimate of drug-likeness (QED) is 0.853. The topological polar surface area (TPSA) is 85.4 Å². The zero-order valence-electron chi connectivity index (χ0n) is 10.9. The molecule has 1 aromatic rings. The lowest BCUT2D eigenvalue weighted by Crippen LogP contribution is -2.41. The fourth-order valence-electron chi connectivity index (χ4n) is 2.45. The maximum atomic E-state index is 11.7. The molecule has 0 radical (unpaired) electrons. The number of aromatic nitrogens is 1. The molecule has 106 valence electrons. The molecular weight excluding hydrogens is 266 g/mol. The van der Waals surface area contributed by atoms with Crippen molar-refractivity contribution < 1.29 is 8.42 Å². The molecule has 1 aliphatic rings. The SMILES string of the molecule is CS(=O)(=O)N1CCCC(Cn2cc(N)ccc2=O)C1. The second kappa shape index (κ2) is 5.34. The van der Waals surface area contributed by atoms with Crippen molar-refractivity contribution in [2.75, 3.05) is 25.1 Å². The van der Waals surface area contributed by atoms with Gasteiger partial charge in [-0.15, -0.1) is 0 Å². The summed E-state index contributed by atoms with van der Waals surface area (Å²) in [6, 6.07) is 3.01. The van der Waals surface area contributed by atoms with Crippen LogP contribution in [0.1, 0.15) is 12.8 Å². The average molecular weight is 285 g/mol. The average Bonchev–Trinajstić information content (AvgIpc) is 2.33. The molecule has 1 aromatic heterocycles. The standard InChI is InChI=1S/C12H19N3O3S/c1-19(17,18)15-6-2-3-10(8-15)7-14-9-11(13)4-5-12(14)16/h4-5,9-10H,2-3,6-8,13H2,1H3. The summed E-state index contributed by atoms with van der Waals surface area (Å²) in [6.07, 6.45) is 4.59. The van der Waals surface area contributed by atoms with E-state index >= 15 is 0 Å². The minimum Gasteiger partial charge on any atom is -0.398 e. The minimum atomic E-state index is -3.15. The van der Waals surface area contributed by atoms with Crippen molar-refractivity contribution >= 4 is 15.7 Å². The van der Waals surface area contributed by atoms with Crippen molar-refractivity contribution in [1.82, 2.24) is 8.87 Å². The summed E-state index contributed by atoms with van der Waals surface area (Å²) in [5, 5.41) is 0. The molecule has 6 nitrogen and oxygen atoms in total. The molecule has 1 unspecified atom stereocenters. The highest BCUT2D eigenvalue weighted by molar-refractivity contribution is 7.88. The third-order valence-electron chi connectivity index (χ3n) is 3.41. The third kappa shape index (κ3) is 3.57. The zero-order chi connectivity index (χ0) is 14.0. The Kier molecular flexibility index (Phi) is 3.96. The number of rotatable bonds is 3. The van der Waals surface area contributed by atoms with Crippen LogP contribution in [0.2, 0.25) is 0 Å². The highest BCUT2D eigenvalue weighted by atomic mass is 32.2. The molecule has 2 rings (SSSR count). The second-order valence-electron chi connectivity index (χ2n) is 5.08. The number of piperidine rings is 1. The minimum absolute atomic E-state index is 0.106. The Bertz CT molecular complexity index is 609. The Morgan fingerprint density at radius 2 is 2.16 bits per heavy atom. The molecule has 0 saturated carbocycles. The molecule has 0 aromatic carbocycles. The van der Waals surface area contributed by atoms with E-state index in [1.807, 2.05) is 0 Å². The lowest BCUT2D eigenvalue weighted by Gasteiger charge is -2.31. The first-order valence-electron chi connectivity index (χ1n) is 6.27. The van der Waals surface area contributed by atoms with Gasteiger partial charge < -0.3 is 10.3 Å². The summed E-state index contributed by atoms with van der Waals surface area (Å²) in [5.74, 6) is 0.156. The molecule has 1 aliphatic heterocycles. The molecule has 0 bridgehead atoms. The maximum absolute atomic E-state index is 11.7. The van der Waals surface area contributed by atoms with E-state index in [2.05, 4.69) is 0 Å². The van der Waals surface area contributed by atoms with Crippen LogP contribution < -0.4 is 11.3 Å². The normalized spacial score (nSPS) is 21.4. The van der Waals surface area contributed by atoms with Crippen molar-refractivity contribution in [3.8, 4) is 0 Å².